The summed E-state index contributed by atoms with van der Waals surface area (Å²) in [7, 11) is -2.24. The second-order valence-corrected chi connectivity index (χ2v) is 12.9. The van der Waals surface area contributed by atoms with Gasteiger partial charge in [-0.3, -0.25) is 0 Å². The van der Waals surface area contributed by atoms with Crippen LogP contribution in [-0.4, -0.2) is 65.1 Å². The number of nitrogens with zero attached hydrogens (tertiary/aromatic N) is 5. The number of hydrogen-bond donors (Lipinski definition) is 0. The predicted molar refractivity (Wildman–Crippen MR) is 144 cm³/mol. The Kier molecular flexibility index (Phi) is 7.07. The first-order valence-electron chi connectivity index (χ1n) is 12.2. The van der Waals surface area contributed by atoms with Crippen LogP contribution < -0.4 is 14.2 Å². The zero-order valence-electron chi connectivity index (χ0n) is 21.5. The standard InChI is InChI=1S/C24H22F3N5O6S3/c1-35-15-7-18(16-9-20(38-19(16)8-15)17-10-32-22(29-17)40-23(30-32)36-2)37-11-14-12-39-21(28-14)13-3-5-31(6-4-13)41(33,34)24(25,26)27/h7-10,12-13H,3-6,11H2,1-2H3. The van der Waals surface area contributed by atoms with Crippen LogP contribution in [0.1, 0.15) is 29.5 Å². The molecule has 0 radical (unpaired) electrons. The molecule has 41 heavy (non-hydrogen) atoms. The molecule has 0 N–H and O–H groups in total. The molecule has 17 heteroatoms. The number of methoxy groups -OCH3 is 2. The van der Waals surface area contributed by atoms with Crippen molar-refractivity contribution in [2.75, 3.05) is 27.3 Å². The van der Waals surface area contributed by atoms with Gasteiger partial charge in [-0.1, -0.05) is 0 Å². The summed E-state index contributed by atoms with van der Waals surface area (Å²) in [5.74, 6) is 1.43. The van der Waals surface area contributed by atoms with Crippen molar-refractivity contribution in [1.82, 2.24) is 23.9 Å². The van der Waals surface area contributed by atoms with E-state index >= 15 is 0 Å². The van der Waals surface area contributed by atoms with Crippen LogP contribution in [0, 0.1) is 0 Å². The first-order chi connectivity index (χ1) is 19.6. The maximum absolute atomic E-state index is 12.9. The average Bonchev–Trinajstić information content (AvgIpc) is 3.73. The highest BCUT2D eigenvalue weighted by Gasteiger charge is 2.50. The second-order valence-electron chi connectivity index (χ2n) is 9.16. The number of alkyl halides is 3. The average molecular weight is 630 g/mol. The molecule has 0 aliphatic carbocycles. The van der Waals surface area contributed by atoms with Crippen LogP contribution in [0.25, 0.3) is 27.4 Å². The van der Waals surface area contributed by atoms with E-state index in [1.54, 1.807) is 30.0 Å². The minimum absolute atomic E-state index is 0.129. The molecule has 11 nitrogen and oxygen atoms in total. The van der Waals surface area contributed by atoms with Crippen molar-refractivity contribution >= 4 is 48.6 Å². The molecule has 5 aromatic rings. The highest BCUT2D eigenvalue weighted by Crippen LogP contribution is 2.38. The number of benzene rings is 1. The summed E-state index contributed by atoms with van der Waals surface area (Å²) >= 11 is 2.68. The maximum atomic E-state index is 12.9. The number of sulfonamides is 1. The molecule has 1 aliphatic rings. The fraction of sp³-hybridized carbons (Fsp3) is 0.375. The summed E-state index contributed by atoms with van der Waals surface area (Å²) < 4.78 is 86.9. The van der Waals surface area contributed by atoms with Gasteiger partial charge in [0.05, 0.1) is 36.5 Å². The first kappa shape index (κ1) is 27.7. The van der Waals surface area contributed by atoms with Crippen LogP contribution in [-0.2, 0) is 16.6 Å². The van der Waals surface area contributed by atoms with Crippen LogP contribution in [0.4, 0.5) is 13.2 Å². The van der Waals surface area contributed by atoms with E-state index in [9.17, 15) is 21.6 Å². The van der Waals surface area contributed by atoms with E-state index < -0.39 is 15.5 Å². The summed E-state index contributed by atoms with van der Waals surface area (Å²) in [6.07, 6.45) is 2.25. The number of rotatable bonds is 8. The molecular weight excluding hydrogens is 607 g/mol. The zero-order valence-corrected chi connectivity index (χ0v) is 24.0. The van der Waals surface area contributed by atoms with E-state index in [-0.39, 0.29) is 38.5 Å². The predicted octanol–water partition coefficient (Wildman–Crippen LogP) is 5.29. The van der Waals surface area contributed by atoms with Crippen LogP contribution >= 0.6 is 22.7 Å². The van der Waals surface area contributed by atoms with E-state index in [4.69, 9.17) is 18.6 Å². The number of thiazole rings is 1. The molecule has 1 saturated heterocycles. The highest BCUT2D eigenvalue weighted by molar-refractivity contribution is 7.90. The fourth-order valence-corrected chi connectivity index (χ4v) is 7.21. The lowest BCUT2D eigenvalue weighted by atomic mass is 9.99. The molecule has 1 aromatic carbocycles. The molecule has 0 saturated carbocycles. The smallest absolute Gasteiger partial charge is 0.496 e. The van der Waals surface area contributed by atoms with E-state index in [1.807, 2.05) is 11.4 Å². The summed E-state index contributed by atoms with van der Waals surface area (Å²) in [6, 6.07) is 5.31. The number of ether oxygens (including phenoxy) is 3. The highest BCUT2D eigenvalue weighted by atomic mass is 32.2. The Labute approximate surface area is 239 Å². The van der Waals surface area contributed by atoms with E-state index in [0.717, 1.165) is 5.01 Å². The lowest BCUT2D eigenvalue weighted by molar-refractivity contribution is -0.0494. The lowest BCUT2D eigenvalue weighted by Crippen LogP contribution is -2.44. The molecule has 0 unspecified atom stereocenters. The third-order valence-electron chi connectivity index (χ3n) is 6.64. The number of halogens is 3. The second kappa shape index (κ2) is 10.5. The van der Waals surface area contributed by atoms with Gasteiger partial charge in [-0.25, -0.2) is 22.9 Å². The van der Waals surface area contributed by atoms with Crippen LogP contribution in [0.3, 0.4) is 0 Å². The van der Waals surface area contributed by atoms with Gasteiger partial charge < -0.3 is 18.6 Å². The molecule has 1 fully saturated rings. The maximum Gasteiger partial charge on any atom is 0.511 e. The molecule has 218 valence electrons. The van der Waals surface area contributed by atoms with Gasteiger partial charge in [-0.05, 0) is 30.2 Å². The number of piperidine rings is 1. The Balaban J connectivity index is 1.17. The van der Waals surface area contributed by atoms with Crippen molar-refractivity contribution in [1.29, 1.82) is 0 Å². The van der Waals surface area contributed by atoms with Gasteiger partial charge in [0.15, 0.2) is 5.76 Å². The topological polar surface area (TPSA) is 121 Å². The summed E-state index contributed by atoms with van der Waals surface area (Å²) in [5, 5.41) is 8.04. The number of imidazole rings is 1. The lowest BCUT2D eigenvalue weighted by Gasteiger charge is -2.30. The molecule has 0 spiro atoms. The Hall–Kier alpha value is -3.41. The molecule has 0 amide bonds. The molecule has 0 atom stereocenters. The first-order valence-corrected chi connectivity index (χ1v) is 15.3. The van der Waals surface area contributed by atoms with Gasteiger partial charge in [-0.2, -0.15) is 17.5 Å². The fourth-order valence-electron chi connectivity index (χ4n) is 4.55. The molecule has 0 bridgehead atoms. The third kappa shape index (κ3) is 5.22. The Morgan fingerprint density at radius 2 is 1.90 bits per heavy atom. The van der Waals surface area contributed by atoms with E-state index in [0.29, 0.717) is 54.1 Å². The Bertz CT molecular complexity index is 1790. The quantitative estimate of drug-likeness (QED) is 0.226. The summed E-state index contributed by atoms with van der Waals surface area (Å²) in [5.41, 5.74) is -3.53. The largest absolute Gasteiger partial charge is 0.511 e. The van der Waals surface area contributed by atoms with Gasteiger partial charge in [0.1, 0.15) is 29.4 Å². The third-order valence-corrected chi connectivity index (χ3v) is 10.2. The van der Waals surface area contributed by atoms with E-state index in [2.05, 4.69) is 15.1 Å². The van der Waals surface area contributed by atoms with E-state index in [1.165, 1.54) is 29.8 Å². The minimum Gasteiger partial charge on any atom is -0.496 e. The van der Waals surface area contributed by atoms with Crippen LogP contribution in [0.2, 0.25) is 0 Å². The van der Waals surface area contributed by atoms with Crippen molar-refractivity contribution in [3.63, 3.8) is 0 Å². The van der Waals surface area contributed by atoms with Crippen molar-refractivity contribution in [3.05, 3.63) is 40.5 Å². The zero-order chi connectivity index (χ0) is 28.9. The monoisotopic (exact) mass is 629 g/mol. The van der Waals surface area contributed by atoms with Crippen molar-refractivity contribution in [2.24, 2.45) is 0 Å². The molecule has 5 heterocycles. The summed E-state index contributed by atoms with van der Waals surface area (Å²) in [4.78, 5) is 9.83. The minimum atomic E-state index is -5.32. The van der Waals surface area contributed by atoms with Gasteiger partial charge in [-0.15, -0.1) is 16.4 Å². The van der Waals surface area contributed by atoms with Crippen molar-refractivity contribution in [3.8, 4) is 28.1 Å². The number of aromatic nitrogens is 4. The molecular formula is C24H22F3N5O6S3. The van der Waals surface area contributed by atoms with Crippen LogP contribution in [0.15, 0.2) is 34.2 Å². The molecule has 1 aliphatic heterocycles. The van der Waals surface area contributed by atoms with Gasteiger partial charge in [0.25, 0.3) is 5.19 Å². The number of furan rings is 1. The van der Waals surface area contributed by atoms with Gasteiger partial charge in [0, 0.05) is 36.5 Å². The number of hydrogen-bond acceptors (Lipinski definition) is 11. The number of fused-ring (bicyclic) bond motifs is 2. The normalized spacial score (nSPS) is 15.6. The Morgan fingerprint density at radius 3 is 2.59 bits per heavy atom. The van der Waals surface area contributed by atoms with Gasteiger partial charge in [0.2, 0.25) is 4.96 Å². The molecule has 4 aromatic heterocycles. The van der Waals surface area contributed by atoms with Crippen LogP contribution in [0.5, 0.6) is 16.7 Å². The van der Waals surface area contributed by atoms with Crippen molar-refractivity contribution < 1.29 is 40.2 Å². The Morgan fingerprint density at radius 1 is 1.12 bits per heavy atom. The van der Waals surface area contributed by atoms with Crippen molar-refractivity contribution in [2.45, 2.75) is 30.9 Å². The molecule has 6 rings (SSSR count). The van der Waals surface area contributed by atoms with Gasteiger partial charge >= 0.3 is 15.5 Å². The summed E-state index contributed by atoms with van der Waals surface area (Å²) in [6.45, 7) is -0.286. The SMILES string of the molecule is COc1cc(OCc2csc(C3CCN(S(=O)(=O)C(F)(F)F)CC3)n2)c2cc(-c3cn4nc(OC)sc4n3)oc2c1.